The molecule has 2 aliphatic rings. The van der Waals surface area contributed by atoms with E-state index in [4.69, 9.17) is 14.4 Å². The number of pyridine rings is 1. The van der Waals surface area contributed by atoms with Gasteiger partial charge in [0.15, 0.2) is 5.76 Å². The summed E-state index contributed by atoms with van der Waals surface area (Å²) in [5.74, 6) is 0.591. The first-order valence-corrected chi connectivity index (χ1v) is 8.61. The Morgan fingerprint density at radius 1 is 1.30 bits per heavy atom. The Balaban J connectivity index is 0.000000659. The zero-order valence-electron chi connectivity index (χ0n) is 14.8. The highest BCUT2D eigenvalue weighted by Crippen LogP contribution is 2.28. The van der Waals surface area contributed by atoms with Gasteiger partial charge in [-0.1, -0.05) is 5.16 Å². The van der Waals surface area contributed by atoms with Crippen LogP contribution in [0.25, 0.3) is 11.3 Å². The van der Waals surface area contributed by atoms with Gasteiger partial charge in [0.2, 0.25) is 11.8 Å². The molecule has 9 nitrogen and oxygen atoms in total. The fraction of sp³-hybridized carbons (Fsp3) is 0.389. The van der Waals surface area contributed by atoms with Crippen LogP contribution in [0.5, 0.6) is 0 Å². The number of nitrogens with zero attached hydrogens (tertiary/aromatic N) is 4. The predicted molar refractivity (Wildman–Crippen MR) is 93.2 cm³/mol. The topological polar surface area (TPSA) is 117 Å². The van der Waals surface area contributed by atoms with Gasteiger partial charge >= 0.3 is 0 Å². The first kappa shape index (κ1) is 18.6. The number of hydrogen-bond donors (Lipinski definition) is 1. The molecule has 1 N–H and O–H groups in total. The van der Waals surface area contributed by atoms with Crippen LogP contribution in [0.15, 0.2) is 35.1 Å². The molecule has 2 atom stereocenters. The molecule has 0 radical (unpaired) electrons. The Bertz CT molecular complexity index is 822. The summed E-state index contributed by atoms with van der Waals surface area (Å²) in [6, 6.07) is 4.71. The molecule has 2 aromatic heterocycles. The van der Waals surface area contributed by atoms with Crippen molar-refractivity contribution in [2.24, 2.45) is 0 Å². The predicted octanol–water partition coefficient (Wildman–Crippen LogP) is 1.16. The van der Waals surface area contributed by atoms with E-state index in [0.29, 0.717) is 18.0 Å². The lowest BCUT2D eigenvalue weighted by Gasteiger charge is -2.40. The van der Waals surface area contributed by atoms with Crippen LogP contribution in [0.3, 0.4) is 0 Å². The molecular weight excluding hydrogens is 352 g/mol. The van der Waals surface area contributed by atoms with Crippen molar-refractivity contribution in [1.82, 2.24) is 19.9 Å². The molecule has 0 aliphatic carbocycles. The minimum Gasteiger partial charge on any atom is -0.483 e. The molecule has 27 heavy (non-hydrogen) atoms. The molecule has 4 heterocycles. The number of piperazine rings is 1. The molecule has 2 aromatic rings. The largest absolute Gasteiger partial charge is 0.483 e. The Hall–Kier alpha value is -3.23. The molecule has 2 amide bonds. The lowest BCUT2D eigenvalue weighted by Crippen LogP contribution is -2.61. The van der Waals surface area contributed by atoms with Crippen LogP contribution in [0.2, 0.25) is 0 Å². The molecule has 0 aromatic carbocycles. The Morgan fingerprint density at radius 2 is 2.00 bits per heavy atom. The van der Waals surface area contributed by atoms with E-state index in [0.717, 1.165) is 18.4 Å². The average Bonchev–Trinajstić information content (AvgIpc) is 3.35. The van der Waals surface area contributed by atoms with Crippen LogP contribution < -0.4 is 0 Å². The Labute approximate surface area is 155 Å². The number of amides is 2. The molecule has 0 saturated carbocycles. The number of hydrogen-bond acceptors (Lipinski definition) is 6. The van der Waals surface area contributed by atoms with Gasteiger partial charge in [0.25, 0.3) is 6.47 Å². The summed E-state index contributed by atoms with van der Waals surface area (Å²) in [6.45, 7) is 2.46. The molecular formula is C18H20N4O5. The second kappa shape index (κ2) is 7.98. The summed E-state index contributed by atoms with van der Waals surface area (Å²) >= 11 is 0. The summed E-state index contributed by atoms with van der Waals surface area (Å²) in [5, 5.41) is 10.9. The SMILES string of the molecule is C[C@H]1C(=O)N2CCC[C@@H]2C(=O)N1Cc1cc(-c2ccncc2)no1.O=CO. The highest BCUT2D eigenvalue weighted by Gasteiger charge is 2.46. The lowest BCUT2D eigenvalue weighted by molar-refractivity contribution is -0.159. The van der Waals surface area contributed by atoms with Crippen molar-refractivity contribution in [3.63, 3.8) is 0 Å². The van der Waals surface area contributed by atoms with Crippen molar-refractivity contribution in [1.29, 1.82) is 0 Å². The number of fused-ring (bicyclic) bond motifs is 1. The molecule has 2 fully saturated rings. The third kappa shape index (κ3) is 3.67. The van der Waals surface area contributed by atoms with E-state index in [1.165, 1.54) is 0 Å². The second-order valence-corrected chi connectivity index (χ2v) is 6.35. The molecule has 0 spiro atoms. The van der Waals surface area contributed by atoms with E-state index in [1.807, 2.05) is 12.1 Å². The van der Waals surface area contributed by atoms with E-state index < -0.39 is 6.04 Å². The molecule has 2 saturated heterocycles. The highest BCUT2D eigenvalue weighted by atomic mass is 16.5. The summed E-state index contributed by atoms with van der Waals surface area (Å²) in [4.78, 5) is 40.8. The van der Waals surface area contributed by atoms with Crippen LogP contribution in [0, 0.1) is 0 Å². The normalized spacial score (nSPS) is 21.5. The van der Waals surface area contributed by atoms with Crippen LogP contribution >= 0.6 is 0 Å². The minimum absolute atomic E-state index is 0.00135. The molecule has 0 unspecified atom stereocenters. The van der Waals surface area contributed by atoms with Gasteiger partial charge in [-0.2, -0.15) is 0 Å². The Kier molecular flexibility index (Phi) is 5.49. The number of carbonyl (C=O) groups is 3. The van der Waals surface area contributed by atoms with Crippen molar-refractivity contribution >= 4 is 18.3 Å². The van der Waals surface area contributed by atoms with Crippen molar-refractivity contribution in [2.75, 3.05) is 6.54 Å². The zero-order valence-corrected chi connectivity index (χ0v) is 14.8. The maximum Gasteiger partial charge on any atom is 0.290 e. The fourth-order valence-electron chi connectivity index (χ4n) is 3.47. The molecule has 2 aliphatic heterocycles. The number of aromatic nitrogens is 2. The fourth-order valence-corrected chi connectivity index (χ4v) is 3.47. The number of rotatable bonds is 3. The van der Waals surface area contributed by atoms with Gasteiger partial charge < -0.3 is 19.4 Å². The summed E-state index contributed by atoms with van der Waals surface area (Å²) in [6.07, 6.45) is 5.00. The average molecular weight is 372 g/mol. The van der Waals surface area contributed by atoms with Crippen LogP contribution in [-0.4, -0.2) is 62.0 Å². The maximum atomic E-state index is 12.7. The number of carboxylic acid groups (broad SMARTS) is 1. The van der Waals surface area contributed by atoms with Gasteiger partial charge in [-0.15, -0.1) is 0 Å². The Morgan fingerprint density at radius 3 is 2.70 bits per heavy atom. The summed E-state index contributed by atoms with van der Waals surface area (Å²) in [5.41, 5.74) is 1.59. The van der Waals surface area contributed by atoms with E-state index in [-0.39, 0.29) is 30.9 Å². The molecule has 142 valence electrons. The smallest absolute Gasteiger partial charge is 0.290 e. The van der Waals surface area contributed by atoms with Crippen LogP contribution in [-0.2, 0) is 20.9 Å². The van der Waals surface area contributed by atoms with Gasteiger partial charge in [-0.05, 0) is 31.9 Å². The summed E-state index contributed by atoms with van der Waals surface area (Å²) in [7, 11) is 0. The lowest BCUT2D eigenvalue weighted by atomic mass is 10.1. The maximum absolute atomic E-state index is 12.7. The van der Waals surface area contributed by atoms with E-state index in [1.54, 1.807) is 35.2 Å². The third-order valence-electron chi connectivity index (χ3n) is 4.79. The van der Waals surface area contributed by atoms with E-state index >= 15 is 0 Å². The first-order chi connectivity index (χ1) is 13.1. The minimum atomic E-state index is -0.471. The van der Waals surface area contributed by atoms with Crippen LogP contribution in [0.1, 0.15) is 25.5 Å². The zero-order chi connectivity index (χ0) is 19.4. The van der Waals surface area contributed by atoms with Gasteiger partial charge in [-0.25, -0.2) is 0 Å². The number of carbonyl (C=O) groups excluding carboxylic acids is 2. The third-order valence-corrected chi connectivity index (χ3v) is 4.79. The van der Waals surface area contributed by atoms with Gasteiger partial charge in [-0.3, -0.25) is 19.4 Å². The van der Waals surface area contributed by atoms with Gasteiger partial charge in [0.05, 0.1) is 6.54 Å². The van der Waals surface area contributed by atoms with Gasteiger partial charge in [0.1, 0.15) is 17.8 Å². The van der Waals surface area contributed by atoms with Crippen molar-refractivity contribution in [3.05, 3.63) is 36.4 Å². The second-order valence-electron chi connectivity index (χ2n) is 6.35. The van der Waals surface area contributed by atoms with E-state index in [2.05, 4.69) is 10.1 Å². The molecule has 4 rings (SSSR count). The van der Waals surface area contributed by atoms with Crippen molar-refractivity contribution in [3.8, 4) is 11.3 Å². The van der Waals surface area contributed by atoms with E-state index in [9.17, 15) is 9.59 Å². The first-order valence-electron chi connectivity index (χ1n) is 8.61. The van der Waals surface area contributed by atoms with Crippen molar-refractivity contribution < 1.29 is 24.0 Å². The molecule has 9 heteroatoms. The van der Waals surface area contributed by atoms with Crippen molar-refractivity contribution in [2.45, 2.75) is 38.4 Å². The van der Waals surface area contributed by atoms with Crippen LogP contribution in [0.4, 0.5) is 0 Å². The summed E-state index contributed by atoms with van der Waals surface area (Å²) < 4.78 is 5.38. The monoisotopic (exact) mass is 372 g/mol. The quantitative estimate of drug-likeness (QED) is 0.804. The molecule has 0 bridgehead atoms. The standard InChI is InChI=1S/C17H18N4O3.CH2O2/c1-11-16(22)20-8-2-3-15(20)17(23)21(11)10-13-9-14(19-24-13)12-4-6-18-7-5-12;2-1-3/h4-7,9,11,15H,2-3,8,10H2,1H3;1H,(H,2,3)/t11-,15+;/m0./s1. The van der Waals surface area contributed by atoms with Gasteiger partial charge in [0, 0.05) is 30.6 Å². The highest BCUT2D eigenvalue weighted by molar-refractivity contribution is 5.97.